The van der Waals surface area contributed by atoms with Crippen LogP contribution in [0.2, 0.25) is 5.02 Å². The van der Waals surface area contributed by atoms with Crippen molar-refractivity contribution in [2.45, 2.75) is 6.92 Å². The van der Waals surface area contributed by atoms with Crippen LogP contribution < -0.4 is 0 Å². The number of hydrogen-bond donors (Lipinski definition) is 1. The van der Waals surface area contributed by atoms with Gasteiger partial charge in [-0.1, -0.05) is 53.6 Å². The van der Waals surface area contributed by atoms with Gasteiger partial charge in [0.05, 0.1) is 5.56 Å². The predicted molar refractivity (Wildman–Crippen MR) is 86.7 cm³/mol. The predicted octanol–water partition coefficient (Wildman–Crippen LogP) is 4.89. The van der Waals surface area contributed by atoms with Gasteiger partial charge in [-0.3, -0.25) is 4.79 Å². The van der Waals surface area contributed by atoms with E-state index < -0.39 is 0 Å². The van der Waals surface area contributed by atoms with Crippen LogP contribution in [0.4, 0.5) is 0 Å². The Balaban J connectivity index is 2.11. The van der Waals surface area contributed by atoms with Gasteiger partial charge in [-0.05, 0) is 42.8 Å². The quantitative estimate of drug-likeness (QED) is 0.496. The van der Waals surface area contributed by atoms with Gasteiger partial charge in [0.25, 0.3) is 0 Å². The molecule has 0 aromatic heterocycles. The van der Waals surface area contributed by atoms with Crippen molar-refractivity contribution in [1.82, 2.24) is 0 Å². The molecule has 21 heavy (non-hydrogen) atoms. The Morgan fingerprint density at radius 1 is 1.05 bits per heavy atom. The summed E-state index contributed by atoms with van der Waals surface area (Å²) in [5.74, 6) is -0.233. The molecule has 3 heteroatoms. The smallest absolute Gasteiger partial charge is 0.189 e. The monoisotopic (exact) mass is 298 g/mol. The molecule has 0 saturated heterocycles. The maximum atomic E-state index is 12.0. The lowest BCUT2D eigenvalue weighted by molar-refractivity contribution is 0.104. The standard InChI is InChI=1S/C18H15ClO2/c1-13(12-14-7-9-15(19)10-8-14)6-11-18(21)16-4-2-3-5-17(16)20/h2-12,20H,1H3/b11-6+,13-12+. The van der Waals surface area contributed by atoms with E-state index in [1.165, 1.54) is 12.1 Å². The van der Waals surface area contributed by atoms with Crippen molar-refractivity contribution in [3.05, 3.63) is 82.4 Å². The minimum Gasteiger partial charge on any atom is -0.507 e. The van der Waals surface area contributed by atoms with Crippen LogP contribution >= 0.6 is 11.6 Å². The average Bonchev–Trinajstić information content (AvgIpc) is 2.48. The van der Waals surface area contributed by atoms with Gasteiger partial charge in [0.15, 0.2) is 5.78 Å². The Bertz CT molecular complexity index is 697. The third kappa shape index (κ3) is 4.33. The van der Waals surface area contributed by atoms with Crippen molar-refractivity contribution in [1.29, 1.82) is 0 Å². The number of carbonyl (C=O) groups is 1. The third-order valence-electron chi connectivity index (χ3n) is 2.93. The summed E-state index contributed by atoms with van der Waals surface area (Å²) in [4.78, 5) is 12.0. The van der Waals surface area contributed by atoms with Gasteiger partial charge >= 0.3 is 0 Å². The summed E-state index contributed by atoms with van der Waals surface area (Å²) in [6, 6.07) is 13.9. The van der Waals surface area contributed by atoms with Crippen molar-refractivity contribution in [2.24, 2.45) is 0 Å². The van der Waals surface area contributed by atoms with E-state index in [-0.39, 0.29) is 11.5 Å². The number of ketones is 1. The zero-order chi connectivity index (χ0) is 15.2. The van der Waals surface area contributed by atoms with E-state index in [9.17, 15) is 9.90 Å². The summed E-state index contributed by atoms with van der Waals surface area (Å²) >= 11 is 5.83. The molecule has 0 amide bonds. The van der Waals surface area contributed by atoms with Crippen LogP contribution in [0.15, 0.2) is 66.3 Å². The summed E-state index contributed by atoms with van der Waals surface area (Å²) in [5.41, 5.74) is 2.24. The summed E-state index contributed by atoms with van der Waals surface area (Å²) in [5, 5.41) is 10.3. The van der Waals surface area contributed by atoms with E-state index in [0.717, 1.165) is 11.1 Å². The molecule has 0 radical (unpaired) electrons. The topological polar surface area (TPSA) is 37.3 Å². The highest BCUT2D eigenvalue weighted by atomic mass is 35.5. The molecule has 0 aliphatic rings. The third-order valence-corrected chi connectivity index (χ3v) is 3.18. The Hall–Kier alpha value is -2.32. The van der Waals surface area contributed by atoms with E-state index in [4.69, 9.17) is 11.6 Å². The van der Waals surface area contributed by atoms with E-state index >= 15 is 0 Å². The normalized spacial score (nSPS) is 11.8. The minimum absolute atomic E-state index is 0.00789. The highest BCUT2D eigenvalue weighted by Crippen LogP contribution is 2.17. The second kappa shape index (κ2) is 6.91. The number of benzene rings is 2. The second-order valence-electron chi connectivity index (χ2n) is 4.65. The molecule has 2 aromatic rings. The zero-order valence-corrected chi connectivity index (χ0v) is 12.3. The highest BCUT2D eigenvalue weighted by Gasteiger charge is 2.06. The zero-order valence-electron chi connectivity index (χ0n) is 11.6. The van der Waals surface area contributed by atoms with Crippen LogP contribution in [0.3, 0.4) is 0 Å². The summed E-state index contributed by atoms with van der Waals surface area (Å²) in [7, 11) is 0. The highest BCUT2D eigenvalue weighted by molar-refractivity contribution is 6.30. The molecule has 0 spiro atoms. The Labute approximate surface area is 129 Å². The maximum absolute atomic E-state index is 12.0. The van der Waals surface area contributed by atoms with E-state index in [1.54, 1.807) is 24.3 Å². The van der Waals surface area contributed by atoms with Gasteiger partial charge in [-0.25, -0.2) is 0 Å². The van der Waals surface area contributed by atoms with Crippen LogP contribution in [-0.2, 0) is 0 Å². The number of phenolic OH excluding ortho intramolecular Hbond substituents is 1. The molecule has 0 fully saturated rings. The fourth-order valence-electron chi connectivity index (χ4n) is 1.85. The lowest BCUT2D eigenvalue weighted by Crippen LogP contribution is -1.94. The molecular formula is C18H15ClO2. The van der Waals surface area contributed by atoms with Crippen molar-refractivity contribution in [2.75, 3.05) is 0 Å². The number of hydrogen-bond acceptors (Lipinski definition) is 2. The first-order valence-electron chi connectivity index (χ1n) is 6.50. The second-order valence-corrected chi connectivity index (χ2v) is 5.09. The van der Waals surface area contributed by atoms with E-state index in [1.807, 2.05) is 37.3 Å². The minimum atomic E-state index is -0.225. The first-order chi connectivity index (χ1) is 10.1. The lowest BCUT2D eigenvalue weighted by Gasteiger charge is -1.99. The molecule has 0 heterocycles. The molecular weight excluding hydrogens is 284 g/mol. The SMILES string of the molecule is CC(/C=C/C(=O)c1ccccc1O)=C\c1ccc(Cl)cc1. The van der Waals surface area contributed by atoms with Gasteiger partial charge in [0, 0.05) is 5.02 Å². The van der Waals surface area contributed by atoms with Crippen LogP contribution in [-0.4, -0.2) is 10.9 Å². The van der Waals surface area contributed by atoms with Gasteiger partial charge in [-0.2, -0.15) is 0 Å². The number of carbonyl (C=O) groups excluding carboxylic acids is 1. The number of rotatable bonds is 4. The van der Waals surface area contributed by atoms with Crippen LogP contribution in [0.5, 0.6) is 5.75 Å². The van der Waals surface area contributed by atoms with E-state index in [0.29, 0.717) is 10.6 Å². The van der Waals surface area contributed by atoms with Gasteiger partial charge in [0.1, 0.15) is 5.75 Å². The van der Waals surface area contributed by atoms with Gasteiger partial charge in [0.2, 0.25) is 0 Å². The van der Waals surface area contributed by atoms with E-state index in [2.05, 4.69) is 0 Å². The molecule has 0 aliphatic heterocycles. The summed E-state index contributed by atoms with van der Waals surface area (Å²) in [6.07, 6.45) is 5.13. The molecule has 0 unspecified atom stereocenters. The first-order valence-corrected chi connectivity index (χ1v) is 6.88. The molecule has 2 nitrogen and oxygen atoms in total. The number of allylic oxidation sites excluding steroid dienone is 3. The van der Waals surface area contributed by atoms with Gasteiger partial charge in [-0.15, -0.1) is 0 Å². The molecule has 0 saturated carbocycles. The number of halogens is 1. The molecule has 106 valence electrons. The fraction of sp³-hybridized carbons (Fsp3) is 0.0556. The summed E-state index contributed by atoms with van der Waals surface area (Å²) in [6.45, 7) is 1.91. The molecule has 1 N–H and O–H groups in total. The Morgan fingerprint density at radius 3 is 2.38 bits per heavy atom. The molecule has 2 rings (SSSR count). The molecule has 0 atom stereocenters. The molecule has 0 bridgehead atoms. The van der Waals surface area contributed by atoms with Crippen molar-refractivity contribution in [3.8, 4) is 5.75 Å². The maximum Gasteiger partial charge on any atom is 0.189 e. The Kier molecular flexibility index (Phi) is 4.96. The Morgan fingerprint density at radius 2 is 1.71 bits per heavy atom. The van der Waals surface area contributed by atoms with Crippen molar-refractivity contribution < 1.29 is 9.90 Å². The number of para-hydroxylation sites is 1. The van der Waals surface area contributed by atoms with Crippen LogP contribution in [0.1, 0.15) is 22.8 Å². The lowest BCUT2D eigenvalue weighted by atomic mass is 10.1. The first kappa shape index (κ1) is 15.1. The average molecular weight is 299 g/mol. The van der Waals surface area contributed by atoms with Crippen LogP contribution in [0, 0.1) is 0 Å². The molecule has 2 aromatic carbocycles. The summed E-state index contributed by atoms with van der Waals surface area (Å²) < 4.78 is 0. The van der Waals surface area contributed by atoms with Crippen molar-refractivity contribution >= 4 is 23.5 Å². The fourth-order valence-corrected chi connectivity index (χ4v) is 1.97. The largest absolute Gasteiger partial charge is 0.507 e. The number of aromatic hydroxyl groups is 1. The number of phenols is 1. The van der Waals surface area contributed by atoms with Crippen molar-refractivity contribution in [3.63, 3.8) is 0 Å². The van der Waals surface area contributed by atoms with Gasteiger partial charge < -0.3 is 5.11 Å². The van der Waals surface area contributed by atoms with Crippen LogP contribution in [0.25, 0.3) is 6.08 Å². The molecule has 0 aliphatic carbocycles.